The molecule has 168 valence electrons. The van der Waals surface area contributed by atoms with E-state index in [9.17, 15) is 14.0 Å². The number of hydrogen-bond donors (Lipinski definition) is 0. The molecule has 3 aromatic carbocycles. The number of anilines is 1. The molecule has 0 fully saturated rings. The Kier molecular flexibility index (Phi) is 6.49. The van der Waals surface area contributed by atoms with Crippen LogP contribution in [0.4, 0.5) is 10.1 Å². The van der Waals surface area contributed by atoms with Crippen LogP contribution in [0.2, 0.25) is 0 Å². The third-order valence-electron chi connectivity index (χ3n) is 5.49. The molecule has 0 aliphatic carbocycles. The van der Waals surface area contributed by atoms with Gasteiger partial charge in [-0.2, -0.15) is 5.10 Å². The van der Waals surface area contributed by atoms with Crippen LogP contribution in [0, 0.1) is 5.82 Å². The molecule has 1 atom stereocenters. The highest BCUT2D eigenvalue weighted by molar-refractivity contribution is 6.03. The van der Waals surface area contributed by atoms with Gasteiger partial charge in [0.05, 0.1) is 11.8 Å². The Labute approximate surface area is 191 Å². The van der Waals surface area contributed by atoms with Gasteiger partial charge < -0.3 is 9.64 Å². The topological polar surface area (TPSA) is 62.2 Å². The highest BCUT2D eigenvalue weighted by Gasteiger charge is 2.33. The van der Waals surface area contributed by atoms with Gasteiger partial charge in [0, 0.05) is 31.8 Å². The lowest BCUT2D eigenvalue weighted by Crippen LogP contribution is -2.31. The molecule has 0 radical (unpaired) electrons. The summed E-state index contributed by atoms with van der Waals surface area (Å²) >= 11 is 0. The van der Waals surface area contributed by atoms with Crippen molar-refractivity contribution in [1.29, 1.82) is 0 Å². The van der Waals surface area contributed by atoms with Gasteiger partial charge in [0.1, 0.15) is 17.9 Å². The molecule has 1 heterocycles. The zero-order valence-corrected chi connectivity index (χ0v) is 18.4. The van der Waals surface area contributed by atoms with Crippen LogP contribution in [0.25, 0.3) is 0 Å². The first kappa shape index (κ1) is 22.2. The summed E-state index contributed by atoms with van der Waals surface area (Å²) in [6, 6.07) is 20.4. The Morgan fingerprint density at radius 1 is 1.12 bits per heavy atom. The number of carbonyl (C=O) groups is 2. The van der Waals surface area contributed by atoms with Crippen molar-refractivity contribution < 1.29 is 18.7 Å². The van der Waals surface area contributed by atoms with E-state index in [0.717, 1.165) is 23.1 Å². The zero-order chi connectivity index (χ0) is 23.4. The van der Waals surface area contributed by atoms with Gasteiger partial charge in [-0.15, -0.1) is 0 Å². The number of hydrazone groups is 1. The second-order valence-electron chi connectivity index (χ2n) is 7.98. The highest BCUT2D eigenvalue weighted by atomic mass is 19.1. The number of ether oxygens (including phenoxy) is 1. The number of carbonyl (C=O) groups excluding carboxylic acids is 2. The van der Waals surface area contributed by atoms with Crippen LogP contribution in [-0.4, -0.2) is 43.6 Å². The minimum atomic E-state index is -0.327. The van der Waals surface area contributed by atoms with Crippen molar-refractivity contribution >= 4 is 23.6 Å². The fourth-order valence-electron chi connectivity index (χ4n) is 3.70. The van der Waals surface area contributed by atoms with Crippen molar-refractivity contribution in [2.45, 2.75) is 12.5 Å². The van der Waals surface area contributed by atoms with Crippen LogP contribution in [0.5, 0.6) is 5.75 Å². The predicted molar refractivity (Wildman–Crippen MR) is 125 cm³/mol. The summed E-state index contributed by atoms with van der Waals surface area (Å²) in [5, 5.41) is 6.02. The van der Waals surface area contributed by atoms with Crippen LogP contribution in [0.15, 0.2) is 77.9 Å². The SMILES string of the molecule is CN(C)c1ccc(C2CC(c3ccc(F)cc3)=NN2C(=O)COc2cccc(C=O)c2)cc1. The monoisotopic (exact) mass is 445 g/mol. The molecular formula is C26H24FN3O3. The second-order valence-corrected chi connectivity index (χ2v) is 7.98. The summed E-state index contributed by atoms with van der Waals surface area (Å²) < 4.78 is 19.0. The number of rotatable bonds is 7. The lowest BCUT2D eigenvalue weighted by molar-refractivity contribution is -0.135. The molecule has 33 heavy (non-hydrogen) atoms. The minimum absolute atomic E-state index is 0.227. The summed E-state index contributed by atoms with van der Waals surface area (Å²) in [5.41, 5.74) is 3.93. The minimum Gasteiger partial charge on any atom is -0.484 e. The van der Waals surface area contributed by atoms with E-state index in [2.05, 4.69) is 5.10 Å². The molecule has 1 aliphatic heterocycles. The number of halogens is 1. The third kappa shape index (κ3) is 5.09. The van der Waals surface area contributed by atoms with Crippen molar-refractivity contribution in [3.8, 4) is 5.75 Å². The Balaban J connectivity index is 1.58. The van der Waals surface area contributed by atoms with Crippen molar-refractivity contribution in [1.82, 2.24) is 5.01 Å². The molecule has 6 nitrogen and oxygen atoms in total. The second kappa shape index (κ2) is 9.65. The summed E-state index contributed by atoms with van der Waals surface area (Å²) in [6.07, 6.45) is 1.22. The third-order valence-corrected chi connectivity index (χ3v) is 5.49. The first-order valence-corrected chi connectivity index (χ1v) is 10.6. The summed E-state index contributed by atoms with van der Waals surface area (Å²) in [6.45, 7) is -0.227. The Morgan fingerprint density at radius 2 is 1.85 bits per heavy atom. The molecule has 0 N–H and O–H groups in total. The molecule has 1 aliphatic rings. The molecule has 0 aromatic heterocycles. The molecule has 0 spiro atoms. The van der Waals surface area contributed by atoms with Gasteiger partial charge in [-0.05, 0) is 47.5 Å². The van der Waals surface area contributed by atoms with Gasteiger partial charge in [0.2, 0.25) is 0 Å². The first-order chi connectivity index (χ1) is 15.9. The van der Waals surface area contributed by atoms with Crippen LogP contribution >= 0.6 is 0 Å². The predicted octanol–water partition coefficient (Wildman–Crippen LogP) is 4.46. The number of aldehydes is 1. The summed E-state index contributed by atoms with van der Waals surface area (Å²) in [7, 11) is 3.93. The van der Waals surface area contributed by atoms with Gasteiger partial charge in [-0.1, -0.05) is 36.4 Å². The molecule has 0 saturated heterocycles. The van der Waals surface area contributed by atoms with Gasteiger partial charge >= 0.3 is 0 Å². The quantitative estimate of drug-likeness (QED) is 0.504. The fourth-order valence-corrected chi connectivity index (χ4v) is 3.70. The van der Waals surface area contributed by atoms with E-state index in [-0.39, 0.29) is 24.4 Å². The van der Waals surface area contributed by atoms with Crippen molar-refractivity contribution in [2.24, 2.45) is 5.10 Å². The van der Waals surface area contributed by atoms with E-state index >= 15 is 0 Å². The summed E-state index contributed by atoms with van der Waals surface area (Å²) in [5.74, 6) is -0.209. The number of hydrogen-bond acceptors (Lipinski definition) is 5. The molecule has 3 aromatic rings. The van der Waals surface area contributed by atoms with Gasteiger partial charge in [-0.3, -0.25) is 9.59 Å². The molecular weight excluding hydrogens is 421 g/mol. The van der Waals surface area contributed by atoms with E-state index < -0.39 is 0 Å². The standard InChI is InChI=1S/C26H24FN3O3/c1-29(2)22-12-8-20(9-13-22)25-15-24(19-6-10-21(27)11-7-19)28-30(25)26(32)17-33-23-5-3-4-18(14-23)16-31/h3-14,16,25H,15,17H2,1-2H3. The molecule has 4 rings (SSSR count). The summed E-state index contributed by atoms with van der Waals surface area (Å²) in [4.78, 5) is 26.1. The van der Waals surface area contributed by atoms with Crippen molar-refractivity contribution in [2.75, 3.05) is 25.6 Å². The van der Waals surface area contributed by atoms with E-state index in [1.165, 1.54) is 17.1 Å². The molecule has 7 heteroatoms. The lowest BCUT2D eigenvalue weighted by atomic mass is 9.98. The molecule has 1 amide bonds. The maximum atomic E-state index is 13.4. The Bertz CT molecular complexity index is 1170. The Hall–Kier alpha value is -4.00. The van der Waals surface area contributed by atoms with Crippen LogP contribution in [-0.2, 0) is 4.79 Å². The van der Waals surface area contributed by atoms with E-state index in [0.29, 0.717) is 23.4 Å². The van der Waals surface area contributed by atoms with Crippen LogP contribution in [0.1, 0.15) is 33.9 Å². The largest absolute Gasteiger partial charge is 0.484 e. The van der Waals surface area contributed by atoms with E-state index in [1.54, 1.807) is 36.4 Å². The number of benzene rings is 3. The average molecular weight is 445 g/mol. The van der Waals surface area contributed by atoms with Crippen LogP contribution < -0.4 is 9.64 Å². The molecule has 1 unspecified atom stereocenters. The van der Waals surface area contributed by atoms with E-state index in [4.69, 9.17) is 4.74 Å². The van der Waals surface area contributed by atoms with Crippen LogP contribution in [0.3, 0.4) is 0 Å². The number of amides is 1. The van der Waals surface area contributed by atoms with Gasteiger partial charge in [0.25, 0.3) is 5.91 Å². The first-order valence-electron chi connectivity index (χ1n) is 10.6. The highest BCUT2D eigenvalue weighted by Crippen LogP contribution is 2.33. The van der Waals surface area contributed by atoms with Gasteiger partial charge in [0.15, 0.2) is 6.61 Å². The van der Waals surface area contributed by atoms with Crippen molar-refractivity contribution in [3.63, 3.8) is 0 Å². The maximum absolute atomic E-state index is 13.4. The smallest absolute Gasteiger partial charge is 0.281 e. The van der Waals surface area contributed by atoms with Crippen molar-refractivity contribution in [3.05, 3.63) is 95.3 Å². The zero-order valence-electron chi connectivity index (χ0n) is 18.4. The maximum Gasteiger partial charge on any atom is 0.281 e. The molecule has 0 bridgehead atoms. The number of nitrogens with zero attached hydrogens (tertiary/aromatic N) is 3. The fraction of sp³-hybridized carbons (Fsp3) is 0.192. The van der Waals surface area contributed by atoms with E-state index in [1.807, 2.05) is 43.3 Å². The van der Waals surface area contributed by atoms with Gasteiger partial charge in [-0.25, -0.2) is 9.40 Å². The molecule has 0 saturated carbocycles. The average Bonchev–Trinajstić information content (AvgIpc) is 3.29. The lowest BCUT2D eigenvalue weighted by Gasteiger charge is -2.23. The Morgan fingerprint density at radius 3 is 2.52 bits per heavy atom. The normalized spacial score (nSPS) is 15.2.